The molecule has 3 nitrogen and oxygen atoms in total. The maximum absolute atomic E-state index is 4.74. The molecule has 0 saturated carbocycles. The van der Waals surface area contributed by atoms with Crippen molar-refractivity contribution in [2.75, 3.05) is 25.9 Å². The van der Waals surface area contributed by atoms with E-state index in [1.807, 2.05) is 0 Å². The minimum Gasteiger partial charge on any atom is -0.317 e. The SMILES string of the molecule is CSc1ccc(C2=NCC(CCC3CCNCC3)=N2)cc1. The van der Waals surface area contributed by atoms with E-state index in [4.69, 9.17) is 4.99 Å². The quantitative estimate of drug-likeness (QED) is 0.846. The molecule has 0 unspecified atom stereocenters. The Hall–Kier alpha value is -1.13. The lowest BCUT2D eigenvalue weighted by atomic mass is 9.92. The van der Waals surface area contributed by atoms with Crippen LogP contribution in [0.1, 0.15) is 31.2 Å². The first-order chi connectivity index (χ1) is 10.3. The van der Waals surface area contributed by atoms with E-state index < -0.39 is 0 Å². The number of amidine groups is 1. The van der Waals surface area contributed by atoms with Gasteiger partial charge < -0.3 is 5.32 Å². The summed E-state index contributed by atoms with van der Waals surface area (Å²) < 4.78 is 0. The third-order valence-corrected chi connectivity index (χ3v) is 5.07. The highest BCUT2D eigenvalue weighted by Gasteiger charge is 2.16. The molecule has 0 amide bonds. The average molecular weight is 301 g/mol. The number of aliphatic imine (C=N–C) groups is 2. The normalized spacial score (nSPS) is 19.5. The van der Waals surface area contributed by atoms with Crippen LogP contribution in [-0.2, 0) is 0 Å². The summed E-state index contributed by atoms with van der Waals surface area (Å²) in [7, 11) is 0. The fourth-order valence-corrected chi connectivity index (χ4v) is 3.37. The summed E-state index contributed by atoms with van der Waals surface area (Å²) in [5.74, 6) is 1.79. The van der Waals surface area contributed by atoms with Crippen molar-refractivity contribution in [2.45, 2.75) is 30.6 Å². The van der Waals surface area contributed by atoms with Crippen molar-refractivity contribution < 1.29 is 0 Å². The zero-order chi connectivity index (χ0) is 14.5. The molecule has 1 saturated heterocycles. The molecule has 3 rings (SSSR count). The van der Waals surface area contributed by atoms with Crippen molar-refractivity contribution in [1.82, 2.24) is 5.32 Å². The van der Waals surface area contributed by atoms with Gasteiger partial charge in [-0.05, 0) is 63.1 Å². The van der Waals surface area contributed by atoms with Crippen molar-refractivity contribution in [1.29, 1.82) is 0 Å². The van der Waals surface area contributed by atoms with Gasteiger partial charge in [0.2, 0.25) is 0 Å². The van der Waals surface area contributed by atoms with E-state index in [9.17, 15) is 0 Å². The molecule has 1 aromatic carbocycles. The smallest absolute Gasteiger partial charge is 0.154 e. The fourth-order valence-electron chi connectivity index (χ4n) is 2.96. The Balaban J connectivity index is 1.55. The third kappa shape index (κ3) is 3.95. The van der Waals surface area contributed by atoms with Gasteiger partial charge in [0.15, 0.2) is 5.84 Å². The maximum Gasteiger partial charge on any atom is 0.154 e. The van der Waals surface area contributed by atoms with Gasteiger partial charge in [-0.15, -0.1) is 11.8 Å². The van der Waals surface area contributed by atoms with Crippen LogP contribution in [0.3, 0.4) is 0 Å². The maximum atomic E-state index is 4.74. The lowest BCUT2D eigenvalue weighted by Gasteiger charge is -2.22. The predicted octanol–water partition coefficient (Wildman–Crippen LogP) is 3.39. The molecule has 2 heterocycles. The van der Waals surface area contributed by atoms with Gasteiger partial charge >= 0.3 is 0 Å². The minimum atomic E-state index is 0.796. The van der Waals surface area contributed by atoms with E-state index in [-0.39, 0.29) is 0 Å². The number of nitrogens with one attached hydrogen (secondary N) is 1. The summed E-state index contributed by atoms with van der Waals surface area (Å²) in [4.78, 5) is 10.6. The number of piperidine rings is 1. The molecular weight excluding hydrogens is 278 g/mol. The van der Waals surface area contributed by atoms with Crippen LogP contribution in [0.4, 0.5) is 0 Å². The van der Waals surface area contributed by atoms with E-state index in [0.717, 1.165) is 30.3 Å². The van der Waals surface area contributed by atoms with Gasteiger partial charge in [-0.2, -0.15) is 0 Å². The molecule has 0 radical (unpaired) electrons. The summed E-state index contributed by atoms with van der Waals surface area (Å²) in [6.45, 7) is 3.16. The summed E-state index contributed by atoms with van der Waals surface area (Å²) >= 11 is 1.76. The van der Waals surface area contributed by atoms with Gasteiger partial charge in [-0.1, -0.05) is 12.1 Å². The average Bonchev–Trinajstić information content (AvgIpc) is 3.03. The molecule has 2 aliphatic heterocycles. The van der Waals surface area contributed by atoms with Gasteiger partial charge in [0, 0.05) is 16.2 Å². The van der Waals surface area contributed by atoms with Crippen LogP contribution in [0.25, 0.3) is 0 Å². The number of thioether (sulfide) groups is 1. The van der Waals surface area contributed by atoms with Gasteiger partial charge in [0.05, 0.1) is 6.54 Å². The Kier molecular flexibility index (Phi) is 5.09. The van der Waals surface area contributed by atoms with E-state index in [1.54, 1.807) is 11.8 Å². The Morgan fingerprint density at radius 1 is 1.19 bits per heavy atom. The second-order valence-corrected chi connectivity index (χ2v) is 6.66. The van der Waals surface area contributed by atoms with E-state index in [2.05, 4.69) is 40.8 Å². The first kappa shape index (κ1) is 14.8. The Morgan fingerprint density at radius 2 is 1.95 bits per heavy atom. The number of rotatable bonds is 5. The van der Waals surface area contributed by atoms with Crippen LogP contribution in [0.5, 0.6) is 0 Å². The number of hydrogen-bond donors (Lipinski definition) is 1. The number of nitrogens with zero attached hydrogens (tertiary/aromatic N) is 2. The zero-order valence-corrected chi connectivity index (χ0v) is 13.5. The molecule has 2 aliphatic rings. The van der Waals surface area contributed by atoms with Gasteiger partial charge in [-0.3, -0.25) is 4.99 Å². The van der Waals surface area contributed by atoms with Crippen molar-refractivity contribution in [2.24, 2.45) is 15.9 Å². The topological polar surface area (TPSA) is 36.8 Å². The fraction of sp³-hybridized carbons (Fsp3) is 0.529. The summed E-state index contributed by atoms with van der Waals surface area (Å²) in [6.07, 6.45) is 7.11. The highest BCUT2D eigenvalue weighted by atomic mass is 32.2. The first-order valence-electron chi connectivity index (χ1n) is 7.81. The molecule has 112 valence electrons. The van der Waals surface area contributed by atoms with Crippen molar-refractivity contribution >= 4 is 23.3 Å². The molecule has 0 spiro atoms. The Morgan fingerprint density at radius 3 is 2.67 bits per heavy atom. The number of benzene rings is 1. The lowest BCUT2D eigenvalue weighted by molar-refractivity contribution is 0.359. The van der Waals surface area contributed by atoms with E-state index in [0.29, 0.717) is 0 Å². The van der Waals surface area contributed by atoms with Crippen LogP contribution in [0.2, 0.25) is 0 Å². The molecule has 0 atom stereocenters. The molecule has 0 aliphatic carbocycles. The second-order valence-electron chi connectivity index (χ2n) is 5.78. The first-order valence-corrected chi connectivity index (χ1v) is 9.03. The van der Waals surface area contributed by atoms with Crippen LogP contribution in [-0.4, -0.2) is 37.4 Å². The van der Waals surface area contributed by atoms with Crippen LogP contribution in [0, 0.1) is 5.92 Å². The molecular formula is C17H23N3S. The highest BCUT2D eigenvalue weighted by molar-refractivity contribution is 7.98. The summed E-state index contributed by atoms with van der Waals surface area (Å²) in [5, 5.41) is 3.43. The Labute approximate surface area is 131 Å². The zero-order valence-electron chi connectivity index (χ0n) is 12.6. The number of hydrogen-bond acceptors (Lipinski definition) is 4. The van der Waals surface area contributed by atoms with Crippen LogP contribution in [0.15, 0.2) is 39.1 Å². The second kappa shape index (κ2) is 7.23. The monoisotopic (exact) mass is 301 g/mol. The van der Waals surface area contributed by atoms with E-state index in [1.165, 1.54) is 43.0 Å². The largest absolute Gasteiger partial charge is 0.317 e. The predicted molar refractivity (Wildman–Crippen MR) is 91.9 cm³/mol. The standard InChI is InChI=1S/C17H23N3S/c1-21-16-6-3-14(4-7-16)17-19-12-15(20-17)5-2-13-8-10-18-11-9-13/h3-4,6-7,13,18H,2,5,8-12H2,1H3. The van der Waals surface area contributed by atoms with Crippen molar-refractivity contribution in [3.8, 4) is 0 Å². The summed E-state index contributed by atoms with van der Waals surface area (Å²) in [5.41, 5.74) is 2.40. The van der Waals surface area contributed by atoms with Gasteiger partial charge in [0.25, 0.3) is 0 Å². The third-order valence-electron chi connectivity index (χ3n) is 4.32. The molecule has 1 fully saturated rings. The Bertz CT molecular complexity index is 527. The van der Waals surface area contributed by atoms with Crippen LogP contribution < -0.4 is 5.32 Å². The van der Waals surface area contributed by atoms with Gasteiger partial charge in [-0.25, -0.2) is 4.99 Å². The van der Waals surface area contributed by atoms with E-state index >= 15 is 0 Å². The molecule has 1 aromatic rings. The van der Waals surface area contributed by atoms with Gasteiger partial charge in [0.1, 0.15) is 0 Å². The summed E-state index contributed by atoms with van der Waals surface area (Å²) in [6, 6.07) is 8.55. The molecule has 0 aromatic heterocycles. The molecule has 21 heavy (non-hydrogen) atoms. The highest BCUT2D eigenvalue weighted by Crippen LogP contribution is 2.20. The van der Waals surface area contributed by atoms with Crippen molar-refractivity contribution in [3.63, 3.8) is 0 Å². The van der Waals surface area contributed by atoms with Crippen LogP contribution >= 0.6 is 11.8 Å². The molecule has 4 heteroatoms. The minimum absolute atomic E-state index is 0.796. The molecule has 1 N–H and O–H groups in total. The lowest BCUT2D eigenvalue weighted by Crippen LogP contribution is -2.28. The molecule has 0 bridgehead atoms. The van der Waals surface area contributed by atoms with Crippen molar-refractivity contribution in [3.05, 3.63) is 29.8 Å².